The van der Waals surface area contributed by atoms with Gasteiger partial charge in [-0.1, -0.05) is 12.1 Å². The maximum atomic E-state index is 13.3. The molecule has 0 unspecified atom stereocenters. The van der Waals surface area contributed by atoms with Crippen molar-refractivity contribution in [2.75, 3.05) is 59.5 Å². The van der Waals surface area contributed by atoms with Crippen LogP contribution in [0.1, 0.15) is 84.5 Å². The Kier molecular flexibility index (Phi) is 14.6. The number of carbonyl (C=O) groups is 4. The van der Waals surface area contributed by atoms with Crippen LogP contribution in [0.25, 0.3) is 0 Å². The van der Waals surface area contributed by atoms with Crippen LogP contribution in [0, 0.1) is 0 Å². The number of benzene rings is 2. The Balaban J connectivity index is 0.000000296. The standard InChI is InChI=1S/C19H25F3N2O4.C18H23F3N2O4/c1-18(2,3)28-17(26)24-9-7-23(8-10-24)12-13-5-6-14(16(25)27-4)15(11-13)19(20,21)22;1-17(2,3)27-16(26)23-8-6-22(7-9-23)11-12-4-5-13(15(24)25)14(10-12)18(19,20)21/h5-6,11H,7-10,12H2,1-4H3;4-5,10H,6-9,11H2,1-3H3,(H,24,25). The summed E-state index contributed by atoms with van der Waals surface area (Å²) >= 11 is 0. The molecule has 4 rings (SSSR count). The number of ether oxygens (including phenoxy) is 3. The van der Waals surface area contributed by atoms with Gasteiger partial charge in [0.1, 0.15) is 11.2 Å². The molecule has 2 aliphatic rings. The lowest BCUT2D eigenvalue weighted by Crippen LogP contribution is -2.49. The first-order valence-corrected chi connectivity index (χ1v) is 17.4. The predicted octanol–water partition coefficient (Wildman–Crippen LogP) is 7.00. The summed E-state index contributed by atoms with van der Waals surface area (Å²) < 4.78 is 94.3. The summed E-state index contributed by atoms with van der Waals surface area (Å²) in [6, 6.07) is 6.86. The summed E-state index contributed by atoms with van der Waals surface area (Å²) in [6.45, 7) is 14.9. The molecule has 12 nitrogen and oxygen atoms in total. The average molecular weight is 791 g/mol. The van der Waals surface area contributed by atoms with Crippen LogP contribution in [0.4, 0.5) is 35.9 Å². The Morgan fingerprint density at radius 1 is 0.600 bits per heavy atom. The molecule has 1 N–H and O–H groups in total. The van der Waals surface area contributed by atoms with Crippen LogP contribution in [-0.2, 0) is 39.7 Å². The molecular weight excluding hydrogens is 742 g/mol. The molecule has 0 radical (unpaired) electrons. The molecule has 2 heterocycles. The Bertz CT molecular complexity index is 1670. The Hall–Kier alpha value is -4.58. The number of esters is 1. The Morgan fingerprint density at radius 2 is 0.945 bits per heavy atom. The normalized spacial score (nSPS) is 16.2. The molecule has 0 atom stereocenters. The molecule has 2 amide bonds. The zero-order chi connectivity index (χ0) is 41.5. The fourth-order valence-corrected chi connectivity index (χ4v) is 5.67. The number of alkyl halides is 6. The number of aromatic carboxylic acids is 1. The maximum absolute atomic E-state index is 13.3. The second-order valence-electron chi connectivity index (χ2n) is 15.0. The van der Waals surface area contributed by atoms with Crippen molar-refractivity contribution in [1.82, 2.24) is 19.6 Å². The van der Waals surface area contributed by atoms with Crippen molar-refractivity contribution in [3.63, 3.8) is 0 Å². The van der Waals surface area contributed by atoms with E-state index in [0.29, 0.717) is 63.5 Å². The van der Waals surface area contributed by atoms with E-state index in [1.807, 2.05) is 9.80 Å². The highest BCUT2D eigenvalue weighted by Crippen LogP contribution is 2.34. The molecule has 0 aromatic heterocycles. The summed E-state index contributed by atoms with van der Waals surface area (Å²) in [4.78, 5) is 53.7. The van der Waals surface area contributed by atoms with E-state index in [-0.39, 0.29) is 13.1 Å². The first kappa shape index (κ1) is 44.8. The van der Waals surface area contributed by atoms with E-state index in [1.54, 1.807) is 51.3 Å². The van der Waals surface area contributed by atoms with Crippen LogP contribution in [-0.4, -0.2) is 120 Å². The van der Waals surface area contributed by atoms with Gasteiger partial charge in [0, 0.05) is 65.4 Å². The molecule has 2 aromatic rings. The Morgan fingerprint density at radius 3 is 1.25 bits per heavy atom. The first-order chi connectivity index (χ1) is 25.3. The van der Waals surface area contributed by atoms with Crippen molar-refractivity contribution in [2.24, 2.45) is 0 Å². The molecule has 2 saturated heterocycles. The van der Waals surface area contributed by atoms with Gasteiger partial charge in [0.15, 0.2) is 0 Å². The van der Waals surface area contributed by atoms with Crippen LogP contribution in [0.5, 0.6) is 0 Å². The number of piperazine rings is 2. The van der Waals surface area contributed by atoms with E-state index >= 15 is 0 Å². The van der Waals surface area contributed by atoms with Gasteiger partial charge in [-0.25, -0.2) is 19.2 Å². The smallest absolute Gasteiger partial charge is 0.417 e. The number of nitrogens with zero attached hydrogens (tertiary/aromatic N) is 4. The quantitative estimate of drug-likeness (QED) is 0.186. The number of hydrogen-bond acceptors (Lipinski definition) is 9. The number of carboxylic acid groups (broad SMARTS) is 1. The van der Waals surface area contributed by atoms with Gasteiger partial charge in [-0.05, 0) is 76.9 Å². The van der Waals surface area contributed by atoms with Gasteiger partial charge in [0.05, 0.1) is 29.4 Å². The number of carboxylic acids is 1. The van der Waals surface area contributed by atoms with Crippen LogP contribution < -0.4 is 0 Å². The highest BCUT2D eigenvalue weighted by molar-refractivity contribution is 5.91. The maximum Gasteiger partial charge on any atom is 0.417 e. The number of methoxy groups -OCH3 is 1. The van der Waals surface area contributed by atoms with Gasteiger partial charge in [0.2, 0.25) is 0 Å². The third-order valence-electron chi connectivity index (χ3n) is 8.27. The number of hydrogen-bond donors (Lipinski definition) is 1. The van der Waals surface area contributed by atoms with Crippen molar-refractivity contribution >= 4 is 24.1 Å². The minimum absolute atomic E-state index is 0.241. The highest BCUT2D eigenvalue weighted by atomic mass is 19.4. The van der Waals surface area contributed by atoms with Gasteiger partial charge in [-0.3, -0.25) is 9.80 Å². The lowest BCUT2D eigenvalue weighted by Gasteiger charge is -2.35. The van der Waals surface area contributed by atoms with E-state index in [9.17, 15) is 45.5 Å². The highest BCUT2D eigenvalue weighted by Gasteiger charge is 2.37. The van der Waals surface area contributed by atoms with Crippen LogP contribution in [0.15, 0.2) is 36.4 Å². The fourth-order valence-electron chi connectivity index (χ4n) is 5.67. The molecule has 2 aromatic carbocycles. The second-order valence-corrected chi connectivity index (χ2v) is 15.0. The fraction of sp³-hybridized carbons (Fsp3) is 0.568. The van der Waals surface area contributed by atoms with E-state index in [2.05, 4.69) is 4.74 Å². The van der Waals surface area contributed by atoms with Crippen molar-refractivity contribution < 1.29 is 64.8 Å². The summed E-state index contributed by atoms with van der Waals surface area (Å²) in [5.41, 5.74) is -3.79. The molecule has 55 heavy (non-hydrogen) atoms. The molecular formula is C37H48F6N4O8. The van der Waals surface area contributed by atoms with Crippen LogP contribution in [0.3, 0.4) is 0 Å². The SMILES string of the molecule is CC(C)(C)OC(=O)N1CCN(Cc2ccc(C(=O)O)c(C(F)(F)F)c2)CC1.COC(=O)c1ccc(CN2CCN(C(=O)OC(C)(C)C)CC2)cc1C(F)(F)F. The number of rotatable bonds is 6. The molecule has 0 aliphatic carbocycles. The van der Waals surface area contributed by atoms with Crippen LogP contribution in [0.2, 0.25) is 0 Å². The largest absolute Gasteiger partial charge is 0.478 e. The third-order valence-corrected chi connectivity index (χ3v) is 8.27. The molecule has 306 valence electrons. The second kappa shape index (κ2) is 17.9. The van der Waals surface area contributed by atoms with Crippen molar-refractivity contribution in [3.8, 4) is 0 Å². The lowest BCUT2D eigenvalue weighted by molar-refractivity contribution is -0.138. The molecule has 0 saturated carbocycles. The van der Waals surface area contributed by atoms with Gasteiger partial charge in [0.25, 0.3) is 0 Å². The first-order valence-electron chi connectivity index (χ1n) is 17.4. The summed E-state index contributed by atoms with van der Waals surface area (Å²) in [5, 5.41) is 8.94. The van der Waals surface area contributed by atoms with Gasteiger partial charge >= 0.3 is 36.5 Å². The predicted molar refractivity (Wildman–Crippen MR) is 187 cm³/mol. The van der Waals surface area contributed by atoms with Gasteiger partial charge < -0.3 is 29.1 Å². The minimum atomic E-state index is -4.74. The van der Waals surface area contributed by atoms with Crippen molar-refractivity contribution in [2.45, 2.75) is 78.2 Å². The van der Waals surface area contributed by atoms with E-state index in [4.69, 9.17) is 14.6 Å². The number of halogens is 6. The average Bonchev–Trinajstić information content (AvgIpc) is 3.06. The minimum Gasteiger partial charge on any atom is -0.478 e. The monoisotopic (exact) mass is 790 g/mol. The van der Waals surface area contributed by atoms with Gasteiger partial charge in [-0.15, -0.1) is 0 Å². The number of carbonyl (C=O) groups excluding carboxylic acids is 3. The Labute approximate surface area is 315 Å². The number of amides is 2. The van der Waals surface area contributed by atoms with Crippen molar-refractivity contribution in [3.05, 3.63) is 69.8 Å². The summed E-state index contributed by atoms with van der Waals surface area (Å²) in [5.74, 6) is -2.63. The molecule has 0 spiro atoms. The van der Waals surface area contributed by atoms with E-state index < -0.39 is 69.9 Å². The molecule has 2 fully saturated rings. The summed E-state index contributed by atoms with van der Waals surface area (Å²) in [7, 11) is 1.04. The topological polar surface area (TPSA) is 129 Å². The van der Waals surface area contributed by atoms with E-state index in [1.165, 1.54) is 12.1 Å². The zero-order valence-electron chi connectivity index (χ0n) is 31.9. The third kappa shape index (κ3) is 13.9. The lowest BCUT2D eigenvalue weighted by atomic mass is 10.0. The molecule has 18 heteroatoms. The van der Waals surface area contributed by atoms with Crippen molar-refractivity contribution in [1.29, 1.82) is 0 Å². The van der Waals surface area contributed by atoms with Crippen LogP contribution >= 0.6 is 0 Å². The summed E-state index contributed by atoms with van der Waals surface area (Å²) in [6.07, 6.45) is -10.2. The molecule has 2 aliphatic heterocycles. The van der Waals surface area contributed by atoms with E-state index in [0.717, 1.165) is 31.4 Å². The van der Waals surface area contributed by atoms with Gasteiger partial charge in [-0.2, -0.15) is 26.3 Å². The zero-order valence-corrected chi connectivity index (χ0v) is 31.9. The molecule has 0 bridgehead atoms.